The van der Waals surface area contributed by atoms with E-state index in [0.717, 1.165) is 37.6 Å². The fourth-order valence-corrected chi connectivity index (χ4v) is 3.08. The highest BCUT2D eigenvalue weighted by atomic mass is 16.1. The molecule has 1 aliphatic heterocycles. The van der Waals surface area contributed by atoms with Gasteiger partial charge in [0.05, 0.1) is 0 Å². The average molecular weight is 195 g/mol. The Morgan fingerprint density at radius 1 is 1.00 bits per heavy atom. The maximum atomic E-state index is 10.7. The molecule has 80 valence electrons. The first-order valence-electron chi connectivity index (χ1n) is 6.06. The molecular weight excluding hydrogens is 174 g/mol. The van der Waals surface area contributed by atoms with Crippen molar-refractivity contribution in [2.45, 2.75) is 38.5 Å². The van der Waals surface area contributed by atoms with Crippen molar-refractivity contribution in [2.75, 3.05) is 13.1 Å². The minimum absolute atomic E-state index is 0.288. The van der Waals surface area contributed by atoms with Crippen LogP contribution in [0.4, 0.5) is 0 Å². The predicted molar refractivity (Wildman–Crippen MR) is 57.1 cm³/mol. The summed E-state index contributed by atoms with van der Waals surface area (Å²) in [6.07, 6.45) is 9.33. The van der Waals surface area contributed by atoms with Crippen LogP contribution in [0.25, 0.3) is 0 Å². The van der Waals surface area contributed by atoms with E-state index in [4.69, 9.17) is 0 Å². The second-order valence-electron chi connectivity index (χ2n) is 4.95. The van der Waals surface area contributed by atoms with Gasteiger partial charge in [0.25, 0.3) is 0 Å². The van der Waals surface area contributed by atoms with Crippen LogP contribution in [0.3, 0.4) is 0 Å². The first-order chi connectivity index (χ1) is 6.90. The molecule has 2 unspecified atom stereocenters. The quantitative estimate of drug-likeness (QED) is 0.683. The first kappa shape index (κ1) is 10.2. The summed E-state index contributed by atoms with van der Waals surface area (Å²) in [5.41, 5.74) is 0. The summed E-state index contributed by atoms with van der Waals surface area (Å²) in [4.78, 5) is 10.7. The van der Waals surface area contributed by atoms with Crippen molar-refractivity contribution in [1.82, 2.24) is 5.32 Å². The Kier molecular flexibility index (Phi) is 3.57. The fraction of sp³-hybridized carbons (Fsp3) is 0.917. The highest BCUT2D eigenvalue weighted by molar-refractivity contribution is 5.54. The molecule has 1 saturated heterocycles. The molecule has 0 amide bonds. The van der Waals surface area contributed by atoms with E-state index in [1.165, 1.54) is 32.1 Å². The van der Waals surface area contributed by atoms with Crippen LogP contribution in [0, 0.1) is 17.8 Å². The van der Waals surface area contributed by atoms with Crippen LogP contribution in [0.2, 0.25) is 0 Å². The molecule has 2 heteroatoms. The van der Waals surface area contributed by atoms with Crippen molar-refractivity contribution in [1.29, 1.82) is 0 Å². The third-order valence-electron chi connectivity index (χ3n) is 3.93. The minimum atomic E-state index is 0.288. The van der Waals surface area contributed by atoms with Gasteiger partial charge in [0.1, 0.15) is 6.29 Å². The van der Waals surface area contributed by atoms with Crippen molar-refractivity contribution in [3.05, 3.63) is 0 Å². The molecule has 0 aromatic rings. The largest absolute Gasteiger partial charge is 0.316 e. The van der Waals surface area contributed by atoms with E-state index in [1.807, 2.05) is 0 Å². The van der Waals surface area contributed by atoms with Crippen LogP contribution in [-0.2, 0) is 4.79 Å². The van der Waals surface area contributed by atoms with Crippen molar-refractivity contribution in [2.24, 2.45) is 17.8 Å². The van der Waals surface area contributed by atoms with Gasteiger partial charge in [-0.3, -0.25) is 0 Å². The number of hydrogen-bond donors (Lipinski definition) is 1. The summed E-state index contributed by atoms with van der Waals surface area (Å²) in [7, 11) is 0. The summed E-state index contributed by atoms with van der Waals surface area (Å²) in [6.45, 7) is 2.06. The zero-order chi connectivity index (χ0) is 9.80. The lowest BCUT2D eigenvalue weighted by atomic mass is 9.75. The number of carbonyl (C=O) groups excluding carboxylic acids is 1. The smallest absolute Gasteiger partial charge is 0.124 e. The Morgan fingerprint density at radius 3 is 2.50 bits per heavy atom. The molecular formula is C12H21NO. The molecule has 1 saturated carbocycles. The fourth-order valence-electron chi connectivity index (χ4n) is 3.08. The predicted octanol–water partition coefficient (Wildman–Crippen LogP) is 1.99. The van der Waals surface area contributed by atoms with Crippen molar-refractivity contribution in [3.8, 4) is 0 Å². The minimum Gasteiger partial charge on any atom is -0.316 e. The number of aldehydes is 1. The highest BCUT2D eigenvalue weighted by Gasteiger charge is 2.28. The zero-order valence-corrected chi connectivity index (χ0v) is 8.87. The van der Waals surface area contributed by atoms with E-state index >= 15 is 0 Å². The average Bonchev–Trinajstić information content (AvgIpc) is 2.30. The maximum Gasteiger partial charge on any atom is 0.124 e. The normalized spacial score (nSPS) is 35.4. The van der Waals surface area contributed by atoms with E-state index in [0.29, 0.717) is 0 Å². The highest BCUT2D eigenvalue weighted by Crippen LogP contribution is 2.33. The van der Waals surface area contributed by atoms with Gasteiger partial charge in [0.15, 0.2) is 0 Å². The second kappa shape index (κ2) is 4.92. The number of rotatable bonds is 2. The molecule has 2 nitrogen and oxygen atoms in total. The lowest BCUT2D eigenvalue weighted by molar-refractivity contribution is -0.112. The van der Waals surface area contributed by atoms with Gasteiger partial charge < -0.3 is 10.1 Å². The molecule has 1 aliphatic carbocycles. The van der Waals surface area contributed by atoms with Gasteiger partial charge in [-0.1, -0.05) is 32.1 Å². The van der Waals surface area contributed by atoms with E-state index in [1.54, 1.807) is 0 Å². The molecule has 2 aliphatic rings. The summed E-state index contributed by atoms with van der Waals surface area (Å²) in [5.74, 6) is 1.97. The van der Waals surface area contributed by atoms with Gasteiger partial charge >= 0.3 is 0 Å². The molecule has 1 heterocycles. The monoisotopic (exact) mass is 195 g/mol. The summed E-state index contributed by atoms with van der Waals surface area (Å²) in [5, 5.41) is 3.40. The lowest BCUT2D eigenvalue weighted by Gasteiger charge is -2.35. The summed E-state index contributed by atoms with van der Waals surface area (Å²) < 4.78 is 0. The third kappa shape index (κ3) is 2.35. The molecule has 0 aromatic heterocycles. The Bertz CT molecular complexity index is 187. The van der Waals surface area contributed by atoms with E-state index in [9.17, 15) is 4.79 Å². The second-order valence-corrected chi connectivity index (χ2v) is 4.95. The Hall–Kier alpha value is -0.370. The molecule has 0 radical (unpaired) electrons. The zero-order valence-electron chi connectivity index (χ0n) is 8.87. The molecule has 1 N–H and O–H groups in total. The van der Waals surface area contributed by atoms with E-state index < -0.39 is 0 Å². The first-order valence-corrected chi connectivity index (χ1v) is 6.06. The van der Waals surface area contributed by atoms with Crippen molar-refractivity contribution in [3.63, 3.8) is 0 Å². The molecule has 0 bridgehead atoms. The summed E-state index contributed by atoms with van der Waals surface area (Å²) in [6, 6.07) is 0. The van der Waals surface area contributed by atoms with Crippen molar-refractivity contribution < 1.29 is 4.79 Å². The van der Waals surface area contributed by atoms with Gasteiger partial charge in [0, 0.05) is 12.5 Å². The van der Waals surface area contributed by atoms with Gasteiger partial charge in [-0.05, 0) is 24.8 Å². The van der Waals surface area contributed by atoms with Crippen LogP contribution in [0.1, 0.15) is 38.5 Å². The molecule has 14 heavy (non-hydrogen) atoms. The number of carbonyl (C=O) groups is 1. The standard InChI is InChI=1S/C12H21NO/c14-9-10-6-12(8-13-7-10)11-4-2-1-3-5-11/h9-13H,1-8H2. The van der Waals surface area contributed by atoms with E-state index in [2.05, 4.69) is 5.32 Å². The van der Waals surface area contributed by atoms with Gasteiger partial charge in [-0.2, -0.15) is 0 Å². The summed E-state index contributed by atoms with van der Waals surface area (Å²) >= 11 is 0. The SMILES string of the molecule is O=CC1CNCC(C2CCCCC2)C1. The molecule has 2 fully saturated rings. The Morgan fingerprint density at radius 2 is 1.79 bits per heavy atom. The lowest BCUT2D eigenvalue weighted by Crippen LogP contribution is -2.40. The van der Waals surface area contributed by atoms with Crippen LogP contribution < -0.4 is 5.32 Å². The molecule has 2 atom stereocenters. The van der Waals surface area contributed by atoms with Crippen LogP contribution >= 0.6 is 0 Å². The maximum absolute atomic E-state index is 10.7. The third-order valence-corrected chi connectivity index (χ3v) is 3.93. The van der Waals surface area contributed by atoms with E-state index in [-0.39, 0.29) is 5.92 Å². The molecule has 2 rings (SSSR count). The van der Waals surface area contributed by atoms with Gasteiger partial charge in [0.2, 0.25) is 0 Å². The Labute approximate surface area is 86.5 Å². The number of nitrogens with one attached hydrogen (secondary N) is 1. The molecule has 0 aromatic carbocycles. The van der Waals surface area contributed by atoms with Crippen LogP contribution in [0.5, 0.6) is 0 Å². The Balaban J connectivity index is 1.86. The number of hydrogen-bond acceptors (Lipinski definition) is 2. The van der Waals surface area contributed by atoms with Crippen LogP contribution in [-0.4, -0.2) is 19.4 Å². The van der Waals surface area contributed by atoms with Crippen LogP contribution in [0.15, 0.2) is 0 Å². The molecule has 0 spiro atoms. The van der Waals surface area contributed by atoms with Gasteiger partial charge in [-0.15, -0.1) is 0 Å². The van der Waals surface area contributed by atoms with Gasteiger partial charge in [-0.25, -0.2) is 0 Å². The topological polar surface area (TPSA) is 29.1 Å². The number of piperidine rings is 1. The van der Waals surface area contributed by atoms with Crippen molar-refractivity contribution >= 4 is 6.29 Å².